The molecule has 5 rings (SSSR count). The van der Waals surface area contributed by atoms with Crippen LogP contribution in [0.3, 0.4) is 0 Å². The second kappa shape index (κ2) is 13.5. The van der Waals surface area contributed by atoms with E-state index in [1.54, 1.807) is 6.92 Å². The summed E-state index contributed by atoms with van der Waals surface area (Å²) in [5, 5.41) is 2.93. The summed E-state index contributed by atoms with van der Waals surface area (Å²) >= 11 is 0. The van der Waals surface area contributed by atoms with E-state index < -0.39 is 6.09 Å². The Balaban J connectivity index is 1.06. The lowest BCUT2D eigenvalue weighted by Crippen LogP contribution is -2.45. The number of anilines is 1. The van der Waals surface area contributed by atoms with Gasteiger partial charge in [-0.15, -0.1) is 0 Å². The molecule has 1 N–H and O–H groups in total. The highest BCUT2D eigenvalue weighted by Gasteiger charge is 2.27. The molecular formula is C33H37N3O5. The average Bonchev–Trinajstić information content (AvgIpc) is 2.98. The van der Waals surface area contributed by atoms with Crippen LogP contribution in [0.4, 0.5) is 10.5 Å². The van der Waals surface area contributed by atoms with E-state index in [1.165, 1.54) is 0 Å². The maximum Gasteiger partial charge on any atom is 0.411 e. The molecule has 1 fully saturated rings. The van der Waals surface area contributed by atoms with Crippen molar-refractivity contribution in [3.05, 3.63) is 89.5 Å². The fourth-order valence-electron chi connectivity index (χ4n) is 5.56. The van der Waals surface area contributed by atoms with Gasteiger partial charge in [0.1, 0.15) is 6.10 Å². The highest BCUT2D eigenvalue weighted by Crippen LogP contribution is 2.28. The molecule has 2 aliphatic heterocycles. The molecule has 214 valence electrons. The fourth-order valence-corrected chi connectivity index (χ4v) is 5.56. The van der Waals surface area contributed by atoms with E-state index >= 15 is 0 Å². The van der Waals surface area contributed by atoms with Gasteiger partial charge in [0.15, 0.2) is 0 Å². The number of esters is 1. The summed E-state index contributed by atoms with van der Waals surface area (Å²) in [4.78, 5) is 41.9. The zero-order valence-corrected chi connectivity index (χ0v) is 23.5. The molecule has 3 aromatic rings. The number of ether oxygens (including phenoxy) is 2. The molecule has 1 saturated heterocycles. The summed E-state index contributed by atoms with van der Waals surface area (Å²) in [6.45, 7) is 5.89. The normalized spacial score (nSPS) is 15.7. The summed E-state index contributed by atoms with van der Waals surface area (Å²) in [5.41, 5.74) is 5.30. The van der Waals surface area contributed by atoms with Gasteiger partial charge in [-0.2, -0.15) is 0 Å². The van der Waals surface area contributed by atoms with Crippen LogP contribution in [0.15, 0.2) is 72.8 Å². The van der Waals surface area contributed by atoms with Crippen LogP contribution in [0.2, 0.25) is 0 Å². The van der Waals surface area contributed by atoms with Crippen LogP contribution in [-0.2, 0) is 27.1 Å². The minimum atomic E-state index is -0.435. The highest BCUT2D eigenvalue weighted by molar-refractivity contribution is 5.97. The van der Waals surface area contributed by atoms with Crippen molar-refractivity contribution in [2.24, 2.45) is 0 Å². The first-order valence-electron chi connectivity index (χ1n) is 14.4. The van der Waals surface area contributed by atoms with Gasteiger partial charge in [-0.05, 0) is 55.0 Å². The lowest BCUT2D eigenvalue weighted by Gasteiger charge is -2.34. The van der Waals surface area contributed by atoms with E-state index in [-0.39, 0.29) is 24.4 Å². The van der Waals surface area contributed by atoms with Gasteiger partial charge in [0.05, 0.1) is 18.7 Å². The van der Waals surface area contributed by atoms with Crippen LogP contribution in [0.25, 0.3) is 11.1 Å². The van der Waals surface area contributed by atoms with Gasteiger partial charge in [-0.1, -0.05) is 60.7 Å². The minimum absolute atomic E-state index is 0.0413. The van der Waals surface area contributed by atoms with Gasteiger partial charge in [0.2, 0.25) is 0 Å². The molecule has 8 heteroatoms. The van der Waals surface area contributed by atoms with Crippen molar-refractivity contribution < 1.29 is 23.9 Å². The molecule has 2 heterocycles. The summed E-state index contributed by atoms with van der Waals surface area (Å²) in [7, 11) is 0. The number of hydrogen-bond acceptors (Lipinski definition) is 6. The smallest absolute Gasteiger partial charge is 0.411 e. The second-order valence-electron chi connectivity index (χ2n) is 10.5. The minimum Gasteiger partial charge on any atom is -0.466 e. The van der Waals surface area contributed by atoms with Crippen molar-refractivity contribution in [1.82, 2.24) is 9.80 Å². The Morgan fingerprint density at radius 3 is 2.44 bits per heavy atom. The van der Waals surface area contributed by atoms with Crippen molar-refractivity contribution in [3.8, 4) is 11.1 Å². The maximum absolute atomic E-state index is 13.1. The Labute approximate surface area is 241 Å². The van der Waals surface area contributed by atoms with E-state index in [2.05, 4.69) is 10.2 Å². The number of nitrogens with one attached hydrogen (secondary N) is 1. The number of carbonyl (C=O) groups is 3. The number of piperidine rings is 1. The van der Waals surface area contributed by atoms with Crippen LogP contribution in [0.5, 0.6) is 0 Å². The molecule has 0 radical (unpaired) electrons. The van der Waals surface area contributed by atoms with Crippen LogP contribution in [0, 0.1) is 0 Å². The number of benzene rings is 3. The fraction of sp³-hybridized carbons (Fsp3) is 0.364. The summed E-state index contributed by atoms with van der Waals surface area (Å²) in [6.07, 6.45) is 1.94. The molecule has 0 bridgehead atoms. The lowest BCUT2D eigenvalue weighted by molar-refractivity contribution is -0.142. The van der Waals surface area contributed by atoms with Crippen molar-refractivity contribution in [3.63, 3.8) is 0 Å². The van der Waals surface area contributed by atoms with E-state index in [0.29, 0.717) is 19.7 Å². The Morgan fingerprint density at radius 1 is 0.902 bits per heavy atom. The third-order valence-electron chi connectivity index (χ3n) is 7.74. The van der Waals surface area contributed by atoms with Crippen LogP contribution >= 0.6 is 0 Å². The standard InChI is InChI=1S/C33H37N3O5/c1-2-40-31(37)23-24-12-13-29-26(22-24)14-19-36(32(29)38)21-20-35-17-15-27(16-18-35)41-33(39)34-30-11-7-6-10-28(30)25-8-4-3-5-9-25/h3-13,22,27H,2,14-21,23H2,1H3,(H,34,39). The Kier molecular flexibility index (Phi) is 9.31. The Bertz CT molecular complexity index is 1370. The summed E-state index contributed by atoms with van der Waals surface area (Å²) in [6, 6.07) is 23.3. The summed E-state index contributed by atoms with van der Waals surface area (Å²) in [5.74, 6) is -0.209. The number of nitrogens with zero attached hydrogens (tertiary/aromatic N) is 2. The number of likely N-dealkylation sites (tertiary alicyclic amines) is 1. The van der Waals surface area contributed by atoms with Crippen LogP contribution in [0.1, 0.15) is 41.3 Å². The molecule has 0 spiro atoms. The SMILES string of the molecule is CCOC(=O)Cc1ccc2c(c1)CCN(CCN1CCC(OC(=O)Nc3ccccc3-c3ccccc3)CC1)C2=O. The average molecular weight is 556 g/mol. The summed E-state index contributed by atoms with van der Waals surface area (Å²) < 4.78 is 10.8. The van der Waals surface area contributed by atoms with Gasteiger partial charge in [-0.3, -0.25) is 14.9 Å². The van der Waals surface area contributed by atoms with E-state index in [0.717, 1.165) is 72.4 Å². The molecule has 0 atom stereocenters. The third kappa shape index (κ3) is 7.32. The second-order valence-corrected chi connectivity index (χ2v) is 10.5. The number of hydrogen-bond donors (Lipinski definition) is 1. The molecule has 0 saturated carbocycles. The molecule has 41 heavy (non-hydrogen) atoms. The Morgan fingerprint density at radius 2 is 1.66 bits per heavy atom. The zero-order chi connectivity index (χ0) is 28.6. The van der Waals surface area contributed by atoms with Gasteiger partial charge in [0, 0.05) is 43.9 Å². The Hall–Kier alpha value is -4.17. The number of amides is 2. The first-order valence-corrected chi connectivity index (χ1v) is 14.4. The van der Waals surface area contributed by atoms with Crippen molar-refractivity contribution in [2.75, 3.05) is 44.6 Å². The predicted octanol–water partition coefficient (Wildman–Crippen LogP) is 5.17. The van der Waals surface area contributed by atoms with Gasteiger partial charge in [0.25, 0.3) is 5.91 Å². The molecule has 2 aliphatic rings. The number of carbonyl (C=O) groups excluding carboxylic acids is 3. The number of rotatable bonds is 9. The van der Waals surface area contributed by atoms with E-state index in [4.69, 9.17) is 9.47 Å². The quantitative estimate of drug-likeness (QED) is 0.367. The maximum atomic E-state index is 13.1. The van der Waals surface area contributed by atoms with E-state index in [1.807, 2.05) is 77.7 Å². The predicted molar refractivity (Wildman–Crippen MR) is 158 cm³/mol. The van der Waals surface area contributed by atoms with Gasteiger partial charge < -0.3 is 19.3 Å². The number of para-hydroxylation sites is 1. The molecule has 3 aromatic carbocycles. The van der Waals surface area contributed by atoms with Crippen LogP contribution < -0.4 is 5.32 Å². The van der Waals surface area contributed by atoms with Crippen molar-refractivity contribution in [2.45, 2.75) is 38.7 Å². The molecule has 0 aromatic heterocycles. The zero-order valence-electron chi connectivity index (χ0n) is 23.5. The molecule has 8 nitrogen and oxygen atoms in total. The highest BCUT2D eigenvalue weighted by atomic mass is 16.6. The van der Waals surface area contributed by atoms with Crippen LogP contribution in [-0.4, -0.2) is 73.2 Å². The van der Waals surface area contributed by atoms with Crippen molar-refractivity contribution in [1.29, 1.82) is 0 Å². The first kappa shape index (κ1) is 28.4. The first-order chi connectivity index (χ1) is 20.0. The molecule has 0 aliphatic carbocycles. The molecular weight excluding hydrogens is 518 g/mol. The monoisotopic (exact) mass is 555 g/mol. The van der Waals surface area contributed by atoms with Gasteiger partial charge >= 0.3 is 12.1 Å². The largest absolute Gasteiger partial charge is 0.466 e. The topological polar surface area (TPSA) is 88.2 Å². The molecule has 2 amide bonds. The lowest BCUT2D eigenvalue weighted by atomic mass is 9.95. The van der Waals surface area contributed by atoms with Crippen molar-refractivity contribution >= 4 is 23.7 Å². The number of fused-ring (bicyclic) bond motifs is 1. The third-order valence-corrected chi connectivity index (χ3v) is 7.74. The van der Waals surface area contributed by atoms with Gasteiger partial charge in [-0.25, -0.2) is 4.79 Å². The van der Waals surface area contributed by atoms with E-state index in [9.17, 15) is 14.4 Å². The molecule has 0 unspecified atom stereocenters.